The smallest absolute Gasteiger partial charge is 0.305 e. The van der Waals surface area contributed by atoms with Gasteiger partial charge in [0.15, 0.2) is 0 Å². The van der Waals surface area contributed by atoms with E-state index in [1.165, 1.54) is 77.0 Å². The second-order valence-corrected chi connectivity index (χ2v) is 7.91. The molecule has 0 aromatic rings. The van der Waals surface area contributed by atoms with Crippen molar-refractivity contribution in [3.8, 4) is 0 Å². The third-order valence-electron chi connectivity index (χ3n) is 4.98. The molecule has 4 heteroatoms. The molecule has 170 valence electrons. The number of rotatable bonds is 21. The predicted octanol–water partition coefficient (Wildman–Crippen LogP) is 6.26. The van der Waals surface area contributed by atoms with Crippen LogP contribution in [0, 0.1) is 0 Å². The summed E-state index contributed by atoms with van der Waals surface area (Å²) in [7, 11) is 0. The van der Waals surface area contributed by atoms with Crippen LogP contribution in [0.2, 0.25) is 0 Å². The van der Waals surface area contributed by atoms with Gasteiger partial charge in [0.25, 0.3) is 0 Å². The van der Waals surface area contributed by atoms with Gasteiger partial charge in [-0.05, 0) is 38.5 Å². The summed E-state index contributed by atoms with van der Waals surface area (Å²) >= 11 is 0. The van der Waals surface area contributed by atoms with E-state index in [2.05, 4.69) is 31.2 Å². The molecule has 1 unspecified atom stereocenters. The third-order valence-corrected chi connectivity index (χ3v) is 4.98. The molecule has 0 radical (unpaired) electrons. The van der Waals surface area contributed by atoms with E-state index in [0.29, 0.717) is 6.42 Å². The van der Waals surface area contributed by atoms with Crippen molar-refractivity contribution in [2.45, 2.75) is 116 Å². The summed E-state index contributed by atoms with van der Waals surface area (Å²) in [5, 5.41) is 17.8. The molecule has 0 bridgehead atoms. The van der Waals surface area contributed by atoms with Gasteiger partial charge < -0.3 is 14.9 Å². The van der Waals surface area contributed by atoms with Crippen LogP contribution in [0.1, 0.15) is 110 Å². The molecular weight excluding hydrogens is 364 g/mol. The van der Waals surface area contributed by atoms with Gasteiger partial charge in [0.1, 0.15) is 12.7 Å². The van der Waals surface area contributed by atoms with Gasteiger partial charge in [0.05, 0.1) is 6.61 Å². The predicted molar refractivity (Wildman–Crippen MR) is 122 cm³/mol. The lowest BCUT2D eigenvalue weighted by Crippen LogP contribution is -2.21. The van der Waals surface area contributed by atoms with Crippen molar-refractivity contribution in [2.75, 3.05) is 13.2 Å². The summed E-state index contributed by atoms with van der Waals surface area (Å²) in [5.74, 6) is -0.283. The van der Waals surface area contributed by atoms with Gasteiger partial charge in [-0.25, -0.2) is 0 Å². The zero-order valence-corrected chi connectivity index (χ0v) is 18.8. The van der Waals surface area contributed by atoms with E-state index >= 15 is 0 Å². The average molecular weight is 411 g/mol. The zero-order chi connectivity index (χ0) is 21.4. The van der Waals surface area contributed by atoms with Crippen LogP contribution < -0.4 is 0 Å². The van der Waals surface area contributed by atoms with Gasteiger partial charge >= 0.3 is 5.97 Å². The minimum atomic E-state index is -0.961. The number of aliphatic hydroxyl groups is 2. The Balaban J connectivity index is 3.24. The molecular formula is C25H46O4. The van der Waals surface area contributed by atoms with Crippen molar-refractivity contribution in [2.24, 2.45) is 0 Å². The number of esters is 1. The van der Waals surface area contributed by atoms with Gasteiger partial charge in [-0.3, -0.25) is 4.79 Å². The Kier molecular flexibility index (Phi) is 22.2. The van der Waals surface area contributed by atoms with E-state index in [-0.39, 0.29) is 19.2 Å². The zero-order valence-electron chi connectivity index (χ0n) is 18.8. The highest BCUT2D eigenvalue weighted by Crippen LogP contribution is 2.12. The molecule has 0 aromatic carbocycles. The van der Waals surface area contributed by atoms with Gasteiger partial charge in [-0.2, -0.15) is 0 Å². The van der Waals surface area contributed by atoms with Crippen molar-refractivity contribution in [1.29, 1.82) is 0 Å². The van der Waals surface area contributed by atoms with Crippen molar-refractivity contribution >= 4 is 5.97 Å². The van der Waals surface area contributed by atoms with Gasteiger partial charge in [0, 0.05) is 6.42 Å². The molecule has 1 atom stereocenters. The minimum absolute atomic E-state index is 0.110. The van der Waals surface area contributed by atoms with E-state index in [9.17, 15) is 4.79 Å². The first kappa shape index (κ1) is 27.9. The molecule has 0 saturated heterocycles. The highest BCUT2D eigenvalue weighted by atomic mass is 16.5. The standard InChI is InChI=1S/C25H46O4/c1-2-3-4-5-6-7-8-9-10-11-12-13-14-15-16-17-18-19-20-21-25(28)29-23-24(27)22-26/h6-7,9-10,24,26-27H,2-5,8,11-23H2,1H3/b7-6+,10-9-. The largest absolute Gasteiger partial charge is 0.463 e. The second-order valence-electron chi connectivity index (χ2n) is 7.91. The molecule has 0 aromatic heterocycles. The third kappa shape index (κ3) is 23.0. The molecule has 0 heterocycles. The molecule has 0 saturated carbocycles. The lowest BCUT2D eigenvalue weighted by Gasteiger charge is -2.08. The number of carbonyl (C=O) groups excluding carboxylic acids is 1. The fraction of sp³-hybridized carbons (Fsp3) is 0.800. The van der Waals surface area contributed by atoms with Crippen molar-refractivity contribution < 1.29 is 19.7 Å². The Morgan fingerprint density at radius 1 is 0.793 bits per heavy atom. The molecule has 0 fully saturated rings. The molecule has 0 spiro atoms. The maximum absolute atomic E-state index is 11.4. The number of hydrogen-bond donors (Lipinski definition) is 2. The number of aliphatic hydroxyl groups excluding tert-OH is 2. The van der Waals surface area contributed by atoms with Crippen LogP contribution >= 0.6 is 0 Å². The monoisotopic (exact) mass is 410 g/mol. The Hall–Kier alpha value is -1.13. The highest BCUT2D eigenvalue weighted by molar-refractivity contribution is 5.69. The van der Waals surface area contributed by atoms with Crippen molar-refractivity contribution in [3.63, 3.8) is 0 Å². The first-order valence-corrected chi connectivity index (χ1v) is 11.9. The maximum Gasteiger partial charge on any atom is 0.305 e. The van der Waals surface area contributed by atoms with Crippen LogP contribution in [0.15, 0.2) is 24.3 Å². The average Bonchev–Trinajstić information content (AvgIpc) is 2.73. The fourth-order valence-corrected chi connectivity index (χ4v) is 3.10. The van der Waals surface area contributed by atoms with Crippen LogP contribution in [0.25, 0.3) is 0 Å². The number of unbranched alkanes of at least 4 members (excludes halogenated alkanes) is 12. The fourth-order valence-electron chi connectivity index (χ4n) is 3.10. The first-order chi connectivity index (χ1) is 14.2. The van der Waals surface area contributed by atoms with Crippen LogP contribution in [-0.4, -0.2) is 35.5 Å². The molecule has 0 aliphatic rings. The topological polar surface area (TPSA) is 66.8 Å². The van der Waals surface area contributed by atoms with E-state index in [1.807, 2.05) is 0 Å². The molecule has 0 aliphatic carbocycles. The van der Waals surface area contributed by atoms with Crippen molar-refractivity contribution in [3.05, 3.63) is 24.3 Å². The van der Waals surface area contributed by atoms with Crippen LogP contribution in [-0.2, 0) is 9.53 Å². The Morgan fingerprint density at radius 3 is 1.86 bits per heavy atom. The second kappa shape index (κ2) is 23.2. The SMILES string of the molecule is CCCCC/C=C/C/C=C\CCCCCCCCCCCC(=O)OCC(O)CO. The lowest BCUT2D eigenvalue weighted by atomic mass is 10.1. The normalized spacial score (nSPS) is 12.8. The quantitative estimate of drug-likeness (QED) is 0.133. The molecule has 0 rings (SSSR count). The summed E-state index contributed by atoms with van der Waals surface area (Å²) in [6.07, 6.45) is 27.0. The Labute approximate surface area is 179 Å². The molecule has 0 amide bonds. The summed E-state index contributed by atoms with van der Waals surface area (Å²) in [6, 6.07) is 0. The minimum Gasteiger partial charge on any atom is -0.463 e. The van der Waals surface area contributed by atoms with Gasteiger partial charge in [0.2, 0.25) is 0 Å². The summed E-state index contributed by atoms with van der Waals surface area (Å²) in [6.45, 7) is 1.76. The summed E-state index contributed by atoms with van der Waals surface area (Å²) < 4.78 is 4.87. The van der Waals surface area contributed by atoms with Gasteiger partial charge in [-0.1, -0.05) is 89.0 Å². The number of hydrogen-bond acceptors (Lipinski definition) is 4. The summed E-state index contributed by atoms with van der Waals surface area (Å²) in [4.78, 5) is 11.4. The van der Waals surface area contributed by atoms with E-state index < -0.39 is 6.10 Å². The van der Waals surface area contributed by atoms with E-state index in [4.69, 9.17) is 14.9 Å². The van der Waals surface area contributed by atoms with E-state index in [0.717, 1.165) is 19.3 Å². The summed E-state index contributed by atoms with van der Waals surface area (Å²) in [5.41, 5.74) is 0. The molecule has 29 heavy (non-hydrogen) atoms. The highest BCUT2D eigenvalue weighted by Gasteiger charge is 2.07. The molecule has 4 nitrogen and oxygen atoms in total. The van der Waals surface area contributed by atoms with Gasteiger partial charge in [-0.15, -0.1) is 0 Å². The van der Waals surface area contributed by atoms with Crippen LogP contribution in [0.5, 0.6) is 0 Å². The number of carbonyl (C=O) groups is 1. The number of ether oxygens (including phenoxy) is 1. The number of allylic oxidation sites excluding steroid dienone is 4. The molecule has 0 aliphatic heterocycles. The van der Waals surface area contributed by atoms with Crippen LogP contribution in [0.4, 0.5) is 0 Å². The van der Waals surface area contributed by atoms with Crippen LogP contribution in [0.3, 0.4) is 0 Å². The first-order valence-electron chi connectivity index (χ1n) is 11.9. The van der Waals surface area contributed by atoms with Crippen molar-refractivity contribution in [1.82, 2.24) is 0 Å². The van der Waals surface area contributed by atoms with E-state index in [1.54, 1.807) is 0 Å². The maximum atomic E-state index is 11.4. The lowest BCUT2D eigenvalue weighted by molar-refractivity contribution is -0.147. The Bertz CT molecular complexity index is 404. The molecule has 2 N–H and O–H groups in total. The Morgan fingerprint density at radius 2 is 1.31 bits per heavy atom.